The first-order valence-corrected chi connectivity index (χ1v) is 9.97. The predicted molar refractivity (Wildman–Crippen MR) is 110 cm³/mol. The molecule has 0 radical (unpaired) electrons. The van der Waals surface area contributed by atoms with E-state index in [4.69, 9.17) is 9.15 Å². The van der Waals surface area contributed by atoms with Gasteiger partial charge in [0.25, 0.3) is 5.91 Å². The average molecular weight is 386 g/mol. The van der Waals surface area contributed by atoms with Crippen LogP contribution in [0.3, 0.4) is 0 Å². The summed E-state index contributed by atoms with van der Waals surface area (Å²) in [5.74, 6) is 0.911. The van der Waals surface area contributed by atoms with E-state index in [1.54, 1.807) is 12.1 Å². The number of hydrogen-bond acceptors (Lipinski definition) is 5. The molecule has 1 aliphatic heterocycles. The van der Waals surface area contributed by atoms with Gasteiger partial charge in [-0.1, -0.05) is 12.1 Å². The summed E-state index contributed by atoms with van der Waals surface area (Å²) < 4.78 is 11.1. The van der Waals surface area contributed by atoms with E-state index in [1.165, 1.54) is 37.8 Å². The standard InChI is InChI=1S/C22H31N3O3/c1-17(15-23-22(26)21-8-5-13-27-21)28-20-7-4-6-18(14-20)16-25(3)19-9-11-24(2)12-10-19/h4-8,13-14,17,19H,9-12,15-16H2,1-3H3,(H,23,26)/t17-/m0/s1. The second-order valence-electron chi connectivity index (χ2n) is 7.71. The van der Waals surface area contributed by atoms with Crippen LogP contribution >= 0.6 is 0 Å². The summed E-state index contributed by atoms with van der Waals surface area (Å²) in [4.78, 5) is 16.8. The van der Waals surface area contributed by atoms with E-state index in [2.05, 4.69) is 41.3 Å². The summed E-state index contributed by atoms with van der Waals surface area (Å²) in [5.41, 5.74) is 1.24. The smallest absolute Gasteiger partial charge is 0.287 e. The highest BCUT2D eigenvalue weighted by Gasteiger charge is 2.20. The van der Waals surface area contributed by atoms with E-state index in [0.717, 1.165) is 12.3 Å². The fourth-order valence-electron chi connectivity index (χ4n) is 3.58. The van der Waals surface area contributed by atoms with Crippen molar-refractivity contribution < 1.29 is 13.9 Å². The van der Waals surface area contributed by atoms with Crippen molar-refractivity contribution in [1.82, 2.24) is 15.1 Å². The highest BCUT2D eigenvalue weighted by molar-refractivity contribution is 5.91. The van der Waals surface area contributed by atoms with Crippen LogP contribution in [-0.4, -0.2) is 61.6 Å². The second-order valence-corrected chi connectivity index (χ2v) is 7.71. The molecular formula is C22H31N3O3. The number of piperidine rings is 1. The molecule has 28 heavy (non-hydrogen) atoms. The zero-order chi connectivity index (χ0) is 19.9. The van der Waals surface area contributed by atoms with E-state index < -0.39 is 0 Å². The van der Waals surface area contributed by atoms with Gasteiger partial charge in [-0.25, -0.2) is 0 Å². The molecule has 1 N–H and O–H groups in total. The van der Waals surface area contributed by atoms with Gasteiger partial charge >= 0.3 is 0 Å². The summed E-state index contributed by atoms with van der Waals surface area (Å²) in [7, 11) is 4.39. The molecule has 2 aromatic rings. The largest absolute Gasteiger partial charge is 0.489 e. The summed E-state index contributed by atoms with van der Waals surface area (Å²) in [6, 6.07) is 12.2. The van der Waals surface area contributed by atoms with Gasteiger partial charge in [-0.05, 0) is 76.8 Å². The Morgan fingerprint density at radius 3 is 2.82 bits per heavy atom. The van der Waals surface area contributed by atoms with Crippen LogP contribution in [0.2, 0.25) is 0 Å². The van der Waals surface area contributed by atoms with Crippen molar-refractivity contribution in [2.45, 2.75) is 38.5 Å². The molecule has 152 valence electrons. The lowest BCUT2D eigenvalue weighted by atomic mass is 10.0. The zero-order valence-corrected chi connectivity index (χ0v) is 17.1. The molecule has 0 spiro atoms. The van der Waals surface area contributed by atoms with Crippen LogP contribution in [0.25, 0.3) is 0 Å². The lowest BCUT2D eigenvalue weighted by molar-refractivity contribution is 0.0904. The zero-order valence-electron chi connectivity index (χ0n) is 17.1. The maximum atomic E-state index is 11.9. The van der Waals surface area contributed by atoms with Crippen LogP contribution < -0.4 is 10.1 Å². The van der Waals surface area contributed by atoms with Gasteiger partial charge in [0.05, 0.1) is 12.8 Å². The Balaban J connectivity index is 1.47. The van der Waals surface area contributed by atoms with E-state index in [9.17, 15) is 4.79 Å². The number of carbonyl (C=O) groups is 1. The van der Waals surface area contributed by atoms with Gasteiger partial charge < -0.3 is 19.4 Å². The number of furan rings is 1. The van der Waals surface area contributed by atoms with Crippen molar-refractivity contribution in [1.29, 1.82) is 0 Å². The number of likely N-dealkylation sites (tertiary alicyclic amines) is 1. The fraction of sp³-hybridized carbons (Fsp3) is 0.500. The first-order chi connectivity index (χ1) is 13.5. The number of amides is 1. The number of rotatable bonds is 8. The number of benzene rings is 1. The monoisotopic (exact) mass is 385 g/mol. The molecule has 0 aliphatic carbocycles. The van der Waals surface area contributed by atoms with Crippen molar-refractivity contribution in [3.63, 3.8) is 0 Å². The minimum atomic E-state index is -0.228. The quantitative estimate of drug-likeness (QED) is 0.757. The van der Waals surface area contributed by atoms with Crippen molar-refractivity contribution in [3.8, 4) is 5.75 Å². The SMILES string of the molecule is C[C@@H](CNC(=O)c1ccco1)Oc1cccc(CN(C)C2CCN(C)CC2)c1. The molecule has 6 heteroatoms. The van der Waals surface area contributed by atoms with Crippen molar-refractivity contribution in [2.24, 2.45) is 0 Å². The molecule has 0 unspecified atom stereocenters. The number of ether oxygens (including phenoxy) is 1. The molecule has 2 heterocycles. The summed E-state index contributed by atoms with van der Waals surface area (Å²) in [6.45, 7) is 5.60. The lowest BCUT2D eigenvalue weighted by Crippen LogP contribution is -2.41. The third-order valence-electron chi connectivity index (χ3n) is 5.27. The Hall–Kier alpha value is -2.31. The molecule has 1 fully saturated rings. The van der Waals surface area contributed by atoms with Gasteiger partial charge in [-0.15, -0.1) is 0 Å². The Morgan fingerprint density at radius 2 is 2.11 bits per heavy atom. The first kappa shape index (κ1) is 20.4. The predicted octanol–water partition coefficient (Wildman–Crippen LogP) is 3.00. The van der Waals surface area contributed by atoms with E-state index >= 15 is 0 Å². The van der Waals surface area contributed by atoms with Gasteiger partial charge in [0.2, 0.25) is 0 Å². The Labute approximate surface area is 167 Å². The first-order valence-electron chi connectivity index (χ1n) is 9.97. The van der Waals surface area contributed by atoms with Gasteiger partial charge in [0.15, 0.2) is 5.76 Å². The van der Waals surface area contributed by atoms with Gasteiger partial charge in [-0.2, -0.15) is 0 Å². The molecule has 1 saturated heterocycles. The van der Waals surface area contributed by atoms with Crippen LogP contribution in [0.15, 0.2) is 47.1 Å². The van der Waals surface area contributed by atoms with Crippen LogP contribution in [0.4, 0.5) is 0 Å². The van der Waals surface area contributed by atoms with E-state index in [-0.39, 0.29) is 12.0 Å². The number of hydrogen-bond donors (Lipinski definition) is 1. The maximum absolute atomic E-state index is 11.9. The molecule has 1 aromatic heterocycles. The van der Waals surface area contributed by atoms with Crippen LogP contribution in [-0.2, 0) is 6.54 Å². The topological polar surface area (TPSA) is 58.0 Å². The summed E-state index contributed by atoms with van der Waals surface area (Å²) in [5, 5.41) is 2.83. The van der Waals surface area contributed by atoms with Gasteiger partial charge in [-0.3, -0.25) is 9.69 Å². The lowest BCUT2D eigenvalue weighted by Gasteiger charge is -2.35. The molecule has 0 bridgehead atoms. The summed E-state index contributed by atoms with van der Waals surface area (Å²) in [6.07, 6.45) is 3.79. The molecule has 1 atom stereocenters. The van der Waals surface area contributed by atoms with Crippen molar-refractivity contribution in [2.75, 3.05) is 33.7 Å². The van der Waals surface area contributed by atoms with Crippen molar-refractivity contribution >= 4 is 5.91 Å². The molecule has 1 aromatic carbocycles. The van der Waals surface area contributed by atoms with Crippen LogP contribution in [0, 0.1) is 0 Å². The minimum Gasteiger partial charge on any atom is -0.489 e. The van der Waals surface area contributed by atoms with Crippen LogP contribution in [0.5, 0.6) is 5.75 Å². The molecule has 1 aliphatic rings. The van der Waals surface area contributed by atoms with Gasteiger partial charge in [0, 0.05) is 12.6 Å². The fourth-order valence-corrected chi connectivity index (χ4v) is 3.58. The number of nitrogens with zero attached hydrogens (tertiary/aromatic N) is 2. The number of nitrogens with one attached hydrogen (secondary N) is 1. The van der Waals surface area contributed by atoms with Gasteiger partial charge in [0.1, 0.15) is 11.9 Å². The van der Waals surface area contributed by atoms with E-state index in [0.29, 0.717) is 18.3 Å². The molecule has 0 saturated carbocycles. The third-order valence-corrected chi connectivity index (χ3v) is 5.27. The Bertz CT molecular complexity index is 739. The van der Waals surface area contributed by atoms with Crippen molar-refractivity contribution in [3.05, 3.63) is 54.0 Å². The molecule has 6 nitrogen and oxygen atoms in total. The average Bonchev–Trinajstić information content (AvgIpc) is 3.22. The maximum Gasteiger partial charge on any atom is 0.287 e. The minimum absolute atomic E-state index is 0.138. The molecule has 3 rings (SSSR count). The Morgan fingerprint density at radius 1 is 1.32 bits per heavy atom. The summed E-state index contributed by atoms with van der Waals surface area (Å²) >= 11 is 0. The second kappa shape index (κ2) is 9.75. The van der Waals surface area contributed by atoms with Crippen LogP contribution in [0.1, 0.15) is 35.9 Å². The Kier molecular flexibility index (Phi) is 7.12. The highest BCUT2D eigenvalue weighted by Crippen LogP contribution is 2.20. The number of carbonyl (C=O) groups excluding carboxylic acids is 1. The third kappa shape index (κ3) is 5.84. The molecular weight excluding hydrogens is 354 g/mol. The highest BCUT2D eigenvalue weighted by atomic mass is 16.5. The van der Waals surface area contributed by atoms with E-state index in [1.807, 2.05) is 19.1 Å². The molecule has 1 amide bonds. The normalized spacial score (nSPS) is 16.9.